The maximum Gasteiger partial charge on any atom is 0.144 e. The molecule has 4 nitrogen and oxygen atoms in total. The van der Waals surface area contributed by atoms with Crippen molar-refractivity contribution in [1.82, 2.24) is 0 Å². The number of hydrogen-bond acceptors (Lipinski definition) is 3. The second-order valence-corrected chi connectivity index (χ2v) is 9.64. The van der Waals surface area contributed by atoms with Crippen LogP contribution in [0, 0.1) is 15.3 Å². The molecular weight excluding hydrogens is 381 g/mol. The maximum absolute atomic E-state index is 8.25. The first kappa shape index (κ1) is 20.2. The van der Waals surface area contributed by atoms with E-state index in [4.69, 9.17) is 15.3 Å². The van der Waals surface area contributed by atoms with E-state index < -0.39 is 12.3 Å². The lowest BCUT2D eigenvalue weighted by molar-refractivity contribution is -0.402. The molecule has 4 aromatic rings. The van der Waals surface area contributed by atoms with Crippen LogP contribution < -0.4 is 21.2 Å². The fourth-order valence-electron chi connectivity index (χ4n) is 3.50. The molecule has 4 rings (SSSR count). The van der Waals surface area contributed by atoms with Crippen molar-refractivity contribution >= 4 is 28.5 Å². The van der Waals surface area contributed by atoms with Crippen LogP contribution >= 0.6 is 7.26 Å². The number of benzene rings is 4. The normalized spacial score (nSPS) is 10.5. The molecule has 0 fully saturated rings. The summed E-state index contributed by atoms with van der Waals surface area (Å²) in [5.41, 5.74) is 0. The van der Waals surface area contributed by atoms with Crippen molar-refractivity contribution in [3.05, 3.63) is 137 Å². The number of nitrogens with zero attached hydrogens (tertiary/aromatic N) is 1. The molecule has 0 spiro atoms. The summed E-state index contributed by atoms with van der Waals surface area (Å²) in [5, 5.41) is 20.3. The molecule has 0 saturated carbocycles. The minimum Gasteiger partial charge on any atom is -0.356 e. The largest absolute Gasteiger partial charge is 0.356 e. The Balaban J connectivity index is 0.000000552. The Hall–Kier alpha value is -3.49. The second-order valence-electron chi connectivity index (χ2n) is 6.24. The zero-order valence-electron chi connectivity index (χ0n) is 15.7. The van der Waals surface area contributed by atoms with E-state index in [1.54, 1.807) is 0 Å². The SMILES string of the molecule is O=[N+]([O-])[O-].c1ccc([P+](c2ccccc2)(c2ccccc2)c2ccccc2)cc1. The van der Waals surface area contributed by atoms with Gasteiger partial charge in [0.2, 0.25) is 0 Å². The van der Waals surface area contributed by atoms with Crippen LogP contribution in [0.3, 0.4) is 0 Å². The Morgan fingerprint density at radius 2 is 0.621 bits per heavy atom. The van der Waals surface area contributed by atoms with Gasteiger partial charge in [0.05, 0.1) is 5.09 Å². The van der Waals surface area contributed by atoms with Gasteiger partial charge in [0.25, 0.3) is 0 Å². The highest BCUT2D eigenvalue weighted by molar-refractivity contribution is 8.01. The lowest BCUT2D eigenvalue weighted by Gasteiger charge is -2.27. The van der Waals surface area contributed by atoms with Crippen molar-refractivity contribution in [2.75, 3.05) is 0 Å². The van der Waals surface area contributed by atoms with E-state index in [2.05, 4.69) is 121 Å². The van der Waals surface area contributed by atoms with E-state index in [0.29, 0.717) is 0 Å². The Morgan fingerprint density at radius 3 is 0.793 bits per heavy atom. The molecule has 5 heteroatoms. The highest BCUT2D eigenvalue weighted by Crippen LogP contribution is 2.53. The highest BCUT2D eigenvalue weighted by Gasteiger charge is 2.47. The zero-order chi connectivity index (χ0) is 20.5. The van der Waals surface area contributed by atoms with Gasteiger partial charge in [-0.15, -0.1) is 0 Å². The summed E-state index contributed by atoms with van der Waals surface area (Å²) in [5.74, 6) is 0. The molecule has 0 amide bonds. The lowest BCUT2D eigenvalue weighted by Crippen LogP contribution is -2.38. The molecule has 0 aromatic heterocycles. The quantitative estimate of drug-likeness (QED) is 0.294. The molecule has 0 atom stereocenters. The molecule has 0 aliphatic heterocycles. The third kappa shape index (κ3) is 4.50. The van der Waals surface area contributed by atoms with Crippen LogP contribution in [-0.4, -0.2) is 5.09 Å². The predicted octanol–water partition coefficient (Wildman–Crippen LogP) is 4.07. The third-order valence-electron chi connectivity index (χ3n) is 4.57. The van der Waals surface area contributed by atoms with Gasteiger partial charge in [-0.2, -0.15) is 0 Å². The molecule has 0 saturated heterocycles. The van der Waals surface area contributed by atoms with E-state index in [-0.39, 0.29) is 0 Å². The van der Waals surface area contributed by atoms with Crippen molar-refractivity contribution < 1.29 is 5.09 Å². The average Bonchev–Trinajstić information content (AvgIpc) is 2.77. The molecule has 0 unspecified atom stereocenters. The predicted molar refractivity (Wildman–Crippen MR) is 122 cm³/mol. The van der Waals surface area contributed by atoms with E-state index in [1.807, 2.05) is 0 Å². The molecule has 0 bridgehead atoms. The summed E-state index contributed by atoms with van der Waals surface area (Å²) >= 11 is 0. The molecule has 0 radical (unpaired) electrons. The molecule has 0 heterocycles. The summed E-state index contributed by atoms with van der Waals surface area (Å²) in [7, 11) is -1.91. The van der Waals surface area contributed by atoms with Crippen molar-refractivity contribution in [2.45, 2.75) is 0 Å². The Bertz CT molecular complexity index is 859. The Labute approximate surface area is 170 Å². The summed E-state index contributed by atoms with van der Waals surface area (Å²) in [6.45, 7) is 0. The molecule has 144 valence electrons. The van der Waals surface area contributed by atoms with E-state index in [1.165, 1.54) is 21.2 Å². The summed E-state index contributed by atoms with van der Waals surface area (Å²) in [6, 6.07) is 43.8. The second kappa shape index (κ2) is 9.63. The standard InChI is InChI=1S/C24H20P.NO3/c1-5-13-21(14-6-1)25(22-15-7-2-8-16-22,23-17-9-3-10-18-23)24-19-11-4-12-20-24;2-1(3)4/h1-20H;/q+1;-1. The van der Waals surface area contributed by atoms with E-state index in [0.717, 1.165) is 0 Å². The first-order valence-electron chi connectivity index (χ1n) is 9.08. The first-order chi connectivity index (χ1) is 14.2. The van der Waals surface area contributed by atoms with Gasteiger partial charge in [-0.1, -0.05) is 72.8 Å². The Morgan fingerprint density at radius 1 is 0.448 bits per heavy atom. The number of rotatable bonds is 4. The smallest absolute Gasteiger partial charge is 0.144 e. The molecule has 0 aliphatic rings. The van der Waals surface area contributed by atoms with Crippen LogP contribution in [0.2, 0.25) is 0 Å². The fraction of sp³-hybridized carbons (Fsp3) is 0. The van der Waals surface area contributed by atoms with Crippen molar-refractivity contribution in [1.29, 1.82) is 0 Å². The van der Waals surface area contributed by atoms with E-state index in [9.17, 15) is 0 Å². The van der Waals surface area contributed by atoms with Crippen LogP contribution in [0.1, 0.15) is 0 Å². The third-order valence-corrected chi connectivity index (χ3v) is 8.86. The monoisotopic (exact) mass is 401 g/mol. The fourth-order valence-corrected chi connectivity index (χ4v) is 7.77. The minimum absolute atomic E-state index is 1.39. The van der Waals surface area contributed by atoms with Gasteiger partial charge in [-0.05, 0) is 48.5 Å². The molecule has 4 aromatic carbocycles. The first-order valence-corrected chi connectivity index (χ1v) is 10.9. The van der Waals surface area contributed by atoms with Gasteiger partial charge >= 0.3 is 0 Å². The van der Waals surface area contributed by atoms with Gasteiger partial charge in [0.1, 0.15) is 28.5 Å². The topological polar surface area (TPSA) is 66.2 Å². The summed E-state index contributed by atoms with van der Waals surface area (Å²) < 4.78 is 0. The summed E-state index contributed by atoms with van der Waals surface area (Å²) in [6.07, 6.45) is 0. The highest BCUT2D eigenvalue weighted by atomic mass is 31.2. The lowest BCUT2D eigenvalue weighted by atomic mass is 10.3. The van der Waals surface area contributed by atoms with Crippen LogP contribution in [0.5, 0.6) is 0 Å². The van der Waals surface area contributed by atoms with Gasteiger partial charge in [-0.25, -0.2) is 0 Å². The van der Waals surface area contributed by atoms with Crippen LogP contribution in [0.4, 0.5) is 0 Å². The van der Waals surface area contributed by atoms with Crippen molar-refractivity contribution in [2.24, 2.45) is 0 Å². The molecule has 0 aliphatic carbocycles. The summed E-state index contributed by atoms with van der Waals surface area (Å²) in [4.78, 5) is 8.25. The maximum atomic E-state index is 8.25. The van der Waals surface area contributed by atoms with Gasteiger partial charge in [-0.3, -0.25) is 0 Å². The van der Waals surface area contributed by atoms with Crippen LogP contribution in [-0.2, 0) is 0 Å². The van der Waals surface area contributed by atoms with Gasteiger partial charge < -0.3 is 15.3 Å². The van der Waals surface area contributed by atoms with Gasteiger partial charge in [0.15, 0.2) is 0 Å². The molecule has 29 heavy (non-hydrogen) atoms. The van der Waals surface area contributed by atoms with Crippen LogP contribution in [0.15, 0.2) is 121 Å². The van der Waals surface area contributed by atoms with Crippen molar-refractivity contribution in [3.63, 3.8) is 0 Å². The number of hydrogen-bond donors (Lipinski definition) is 0. The zero-order valence-corrected chi connectivity index (χ0v) is 16.6. The average molecular weight is 401 g/mol. The van der Waals surface area contributed by atoms with Crippen LogP contribution in [0.25, 0.3) is 0 Å². The minimum atomic E-state index is -1.91. The van der Waals surface area contributed by atoms with E-state index >= 15 is 0 Å². The molecule has 0 N–H and O–H groups in total. The van der Waals surface area contributed by atoms with Gasteiger partial charge in [0, 0.05) is 0 Å². The van der Waals surface area contributed by atoms with Crippen molar-refractivity contribution in [3.8, 4) is 0 Å². The Kier molecular flexibility index (Phi) is 6.72. The molecular formula is C24H20NO3P.